The summed E-state index contributed by atoms with van der Waals surface area (Å²) in [7, 11) is 0. The molecule has 1 aromatic carbocycles. The molecule has 32 heavy (non-hydrogen) atoms. The van der Waals surface area contributed by atoms with Gasteiger partial charge in [-0.2, -0.15) is 4.98 Å². The summed E-state index contributed by atoms with van der Waals surface area (Å²) in [4.78, 5) is 13.2. The zero-order valence-corrected chi connectivity index (χ0v) is 16.9. The fraction of sp³-hybridized carbons (Fsp3) is 0.476. The van der Waals surface area contributed by atoms with Gasteiger partial charge in [0.25, 0.3) is 0 Å². The van der Waals surface area contributed by atoms with Gasteiger partial charge in [0.05, 0.1) is 24.9 Å². The van der Waals surface area contributed by atoms with Gasteiger partial charge in [0.1, 0.15) is 17.0 Å². The lowest BCUT2D eigenvalue weighted by Crippen LogP contribution is -2.29. The monoisotopic (exact) mass is 450 g/mol. The third kappa shape index (κ3) is 4.09. The van der Waals surface area contributed by atoms with Gasteiger partial charge in [0.15, 0.2) is 17.3 Å². The highest BCUT2D eigenvalue weighted by molar-refractivity contribution is 5.76. The molecule has 3 atom stereocenters. The van der Waals surface area contributed by atoms with Gasteiger partial charge in [-0.15, -0.1) is 0 Å². The second kappa shape index (κ2) is 8.55. The Bertz CT molecular complexity index is 1170. The molecule has 3 N–H and O–H groups in total. The molecule has 0 radical (unpaired) electrons. The molecule has 1 aliphatic heterocycles. The van der Waals surface area contributed by atoms with E-state index >= 15 is 0 Å². The van der Waals surface area contributed by atoms with Crippen molar-refractivity contribution in [2.24, 2.45) is 0 Å². The quantitative estimate of drug-likeness (QED) is 0.546. The maximum Gasteiger partial charge on any atom is 0.224 e. The molecule has 2 aromatic heterocycles. The average molecular weight is 450 g/mol. The molecule has 0 amide bonds. The van der Waals surface area contributed by atoms with Crippen molar-refractivity contribution in [3.05, 3.63) is 35.8 Å². The molecule has 2 fully saturated rings. The second-order valence-corrected chi connectivity index (χ2v) is 7.87. The van der Waals surface area contributed by atoms with Crippen LogP contribution in [0.2, 0.25) is 0 Å². The summed E-state index contributed by atoms with van der Waals surface area (Å²) in [5.41, 5.74) is 0.240. The summed E-state index contributed by atoms with van der Waals surface area (Å²) in [5, 5.41) is 15.6. The van der Waals surface area contributed by atoms with Crippen LogP contribution in [0.15, 0.2) is 18.3 Å². The first-order valence-corrected chi connectivity index (χ1v) is 10.3. The Balaban J connectivity index is 1.50. The molecule has 0 spiro atoms. The Morgan fingerprint density at radius 3 is 2.56 bits per heavy atom. The average Bonchev–Trinajstić information content (AvgIpc) is 3.41. The van der Waals surface area contributed by atoms with Gasteiger partial charge in [-0.1, -0.05) is 0 Å². The molecular formula is C21H23F3N6O2. The molecule has 0 bridgehead atoms. The lowest BCUT2D eigenvalue weighted by atomic mass is 9.93. The van der Waals surface area contributed by atoms with Crippen molar-refractivity contribution in [2.45, 2.75) is 50.2 Å². The van der Waals surface area contributed by atoms with Gasteiger partial charge >= 0.3 is 0 Å². The number of nitrogens with zero attached hydrogens (tertiary/aromatic N) is 4. The van der Waals surface area contributed by atoms with E-state index in [9.17, 15) is 18.3 Å². The molecule has 1 saturated carbocycles. The highest BCUT2D eigenvalue weighted by atomic mass is 19.1. The van der Waals surface area contributed by atoms with Gasteiger partial charge in [-0.25, -0.2) is 23.1 Å². The Labute approximate surface area is 184 Å². The predicted molar refractivity (Wildman–Crippen MR) is 111 cm³/mol. The summed E-state index contributed by atoms with van der Waals surface area (Å²) in [6, 6.07) is 0.692. The summed E-state index contributed by atoms with van der Waals surface area (Å²) >= 11 is 0. The number of aromatic nitrogens is 4. The number of imidazole rings is 1. The van der Waals surface area contributed by atoms with Crippen molar-refractivity contribution < 1.29 is 25.8 Å². The number of halogens is 3. The Kier molecular flexibility index (Phi) is 4.98. The molecule has 3 unspecified atom stereocenters. The van der Waals surface area contributed by atoms with Crippen LogP contribution >= 0.6 is 0 Å². The lowest BCUT2D eigenvalue weighted by Gasteiger charge is -2.26. The van der Waals surface area contributed by atoms with Crippen LogP contribution in [0.4, 0.5) is 30.8 Å². The summed E-state index contributed by atoms with van der Waals surface area (Å²) < 4.78 is 65.0. The number of aliphatic hydroxyl groups excluding tert-OH is 1. The van der Waals surface area contributed by atoms with Crippen molar-refractivity contribution >= 4 is 28.7 Å². The number of benzene rings is 1. The summed E-state index contributed by atoms with van der Waals surface area (Å²) in [5.74, 6) is -2.86. The van der Waals surface area contributed by atoms with Crippen LogP contribution in [-0.2, 0) is 4.74 Å². The highest BCUT2D eigenvalue weighted by Gasteiger charge is 2.27. The number of ether oxygens (including phenoxy) is 1. The van der Waals surface area contributed by atoms with Crippen molar-refractivity contribution in [3.8, 4) is 0 Å². The third-order valence-corrected chi connectivity index (χ3v) is 5.60. The zero-order chi connectivity index (χ0) is 24.0. The Hall–Kier alpha value is -2.92. The van der Waals surface area contributed by atoms with Crippen molar-refractivity contribution in [2.75, 3.05) is 23.8 Å². The summed E-state index contributed by atoms with van der Waals surface area (Å²) in [6.07, 6.45) is 0.208. The SMILES string of the molecule is [2H]C1CC(Nc2ncc3nc(Nc4c(F)cc(F)cc4F)n(C4CCOC4)c3n2)CC([2H])C1O. The van der Waals surface area contributed by atoms with Crippen LogP contribution in [0, 0.1) is 17.5 Å². The number of rotatable bonds is 5. The fourth-order valence-electron chi connectivity index (χ4n) is 3.99. The van der Waals surface area contributed by atoms with Crippen LogP contribution in [0.25, 0.3) is 11.2 Å². The van der Waals surface area contributed by atoms with E-state index in [0.29, 0.717) is 55.8 Å². The van der Waals surface area contributed by atoms with E-state index in [1.165, 1.54) is 6.20 Å². The first-order valence-electron chi connectivity index (χ1n) is 11.5. The minimum absolute atomic E-state index is 0.111. The van der Waals surface area contributed by atoms with Crippen LogP contribution in [-0.4, -0.2) is 50.0 Å². The number of fused-ring (bicyclic) bond motifs is 1. The van der Waals surface area contributed by atoms with Gasteiger partial charge in [-0.05, 0) is 32.1 Å². The molecular weight excluding hydrogens is 425 g/mol. The molecule has 8 nitrogen and oxygen atoms in total. The third-order valence-electron chi connectivity index (χ3n) is 5.60. The second-order valence-electron chi connectivity index (χ2n) is 7.87. The minimum Gasteiger partial charge on any atom is -0.393 e. The Morgan fingerprint density at radius 1 is 1.12 bits per heavy atom. The zero-order valence-electron chi connectivity index (χ0n) is 18.9. The first-order chi connectivity index (χ1) is 16.3. The molecule has 1 saturated heterocycles. The number of aliphatic hydroxyl groups is 1. The molecule has 5 rings (SSSR count). The fourth-order valence-corrected chi connectivity index (χ4v) is 3.99. The predicted octanol–water partition coefficient (Wildman–Crippen LogP) is 3.66. The minimum atomic E-state index is -1.10. The van der Waals surface area contributed by atoms with Crippen LogP contribution in [0.3, 0.4) is 0 Å². The standard InChI is InChI=1S/C21H23F3N6O2/c22-11-7-15(23)18(16(24)8-11)28-21-27-17-9-25-20(26-12-1-3-14(31)4-2-12)29-19(17)30(21)13-5-6-32-10-13/h7-9,12-14,31H,1-6,10H2,(H,27,28)(H,25,26,29)/i3D,4D. The first kappa shape index (κ1) is 18.6. The molecule has 1 aliphatic carbocycles. The summed E-state index contributed by atoms with van der Waals surface area (Å²) in [6.45, 7) is 0.849. The van der Waals surface area contributed by atoms with Gasteiger partial charge in [-0.3, -0.25) is 4.57 Å². The molecule has 3 aromatic rings. The van der Waals surface area contributed by atoms with Crippen molar-refractivity contribution in [1.82, 2.24) is 19.5 Å². The smallest absolute Gasteiger partial charge is 0.224 e. The highest BCUT2D eigenvalue weighted by Crippen LogP contribution is 2.32. The van der Waals surface area contributed by atoms with Crippen molar-refractivity contribution in [1.29, 1.82) is 0 Å². The maximum atomic E-state index is 14.3. The van der Waals surface area contributed by atoms with E-state index in [0.717, 1.165) is 0 Å². The molecule has 2 aliphatic rings. The number of hydrogen-bond acceptors (Lipinski definition) is 7. The van der Waals surface area contributed by atoms with Gasteiger partial charge in [0.2, 0.25) is 11.9 Å². The molecule has 3 heterocycles. The van der Waals surface area contributed by atoms with E-state index in [1.807, 2.05) is 0 Å². The maximum absolute atomic E-state index is 14.3. The van der Waals surface area contributed by atoms with Crippen LogP contribution in [0.1, 0.15) is 40.8 Å². The van der Waals surface area contributed by atoms with E-state index in [-0.39, 0.29) is 24.0 Å². The molecule has 11 heteroatoms. The van der Waals surface area contributed by atoms with Crippen LogP contribution < -0.4 is 10.6 Å². The van der Waals surface area contributed by atoms with Gasteiger partial charge < -0.3 is 20.5 Å². The van der Waals surface area contributed by atoms with E-state index in [1.54, 1.807) is 4.57 Å². The molecule has 170 valence electrons. The van der Waals surface area contributed by atoms with E-state index in [4.69, 9.17) is 7.48 Å². The normalized spacial score (nSPS) is 29.1. The van der Waals surface area contributed by atoms with E-state index < -0.39 is 42.0 Å². The van der Waals surface area contributed by atoms with Crippen LogP contribution in [0.5, 0.6) is 0 Å². The number of nitrogens with one attached hydrogen (secondary N) is 2. The van der Waals surface area contributed by atoms with Crippen molar-refractivity contribution in [3.63, 3.8) is 0 Å². The number of hydrogen-bond donors (Lipinski definition) is 3. The van der Waals surface area contributed by atoms with Gasteiger partial charge in [0, 0.05) is 27.5 Å². The lowest BCUT2D eigenvalue weighted by molar-refractivity contribution is 0.126. The topological polar surface area (TPSA) is 97.1 Å². The Morgan fingerprint density at radius 2 is 1.88 bits per heavy atom. The van der Waals surface area contributed by atoms with E-state index in [2.05, 4.69) is 25.6 Å². The largest absolute Gasteiger partial charge is 0.393 e. The number of anilines is 3.